The maximum absolute atomic E-state index is 2.56. The van der Waals surface area contributed by atoms with Crippen molar-refractivity contribution < 1.29 is 0 Å². The topological polar surface area (TPSA) is 3.24 Å². The van der Waals surface area contributed by atoms with Crippen molar-refractivity contribution in [3.63, 3.8) is 0 Å². The Morgan fingerprint density at radius 3 is 1.94 bits per heavy atom. The van der Waals surface area contributed by atoms with Gasteiger partial charge in [-0.3, -0.25) is 0 Å². The molecule has 108 valence electrons. The first-order valence-electron chi connectivity index (χ1n) is 8.19. The van der Waals surface area contributed by atoms with E-state index < -0.39 is 0 Å². The average Bonchev–Trinajstić information content (AvgIpc) is 2.34. The van der Waals surface area contributed by atoms with E-state index in [2.05, 4.69) is 39.5 Å². The molecular weight excluding hydrogens is 218 g/mol. The molecule has 0 aromatic rings. The minimum atomic E-state index is 0.534. The van der Waals surface area contributed by atoms with E-state index in [9.17, 15) is 0 Å². The Morgan fingerprint density at radius 1 is 0.944 bits per heavy atom. The van der Waals surface area contributed by atoms with Gasteiger partial charge in [0.25, 0.3) is 0 Å². The SMILES string of the molecule is CCN(CC)CCCC1CCC(C(C)(C)C)CC1. The van der Waals surface area contributed by atoms with Gasteiger partial charge in [-0.05, 0) is 62.6 Å². The molecule has 0 saturated heterocycles. The van der Waals surface area contributed by atoms with E-state index in [0.717, 1.165) is 11.8 Å². The third kappa shape index (κ3) is 5.30. The first-order valence-corrected chi connectivity index (χ1v) is 8.19. The van der Waals surface area contributed by atoms with E-state index in [4.69, 9.17) is 0 Å². The van der Waals surface area contributed by atoms with Crippen LogP contribution in [0, 0.1) is 17.3 Å². The lowest BCUT2D eigenvalue weighted by Crippen LogP contribution is -2.27. The standard InChI is InChI=1S/C17H35N/c1-6-18(7-2)14-8-9-15-10-12-16(13-11-15)17(3,4)5/h15-16H,6-14H2,1-5H3. The van der Waals surface area contributed by atoms with Crippen LogP contribution in [0.5, 0.6) is 0 Å². The molecule has 1 aliphatic carbocycles. The van der Waals surface area contributed by atoms with Gasteiger partial charge in [0, 0.05) is 0 Å². The van der Waals surface area contributed by atoms with Crippen LogP contribution in [0.3, 0.4) is 0 Å². The molecule has 1 rings (SSSR count). The highest BCUT2D eigenvalue weighted by Crippen LogP contribution is 2.40. The zero-order valence-corrected chi connectivity index (χ0v) is 13.5. The van der Waals surface area contributed by atoms with Gasteiger partial charge in [-0.15, -0.1) is 0 Å². The van der Waals surface area contributed by atoms with Gasteiger partial charge in [-0.1, -0.05) is 47.5 Å². The van der Waals surface area contributed by atoms with E-state index in [0.29, 0.717) is 5.41 Å². The highest BCUT2D eigenvalue weighted by molar-refractivity contribution is 4.80. The molecule has 0 radical (unpaired) electrons. The second-order valence-electron chi connectivity index (χ2n) is 7.25. The van der Waals surface area contributed by atoms with Crippen molar-refractivity contribution in [1.82, 2.24) is 4.90 Å². The van der Waals surface area contributed by atoms with E-state index >= 15 is 0 Å². The predicted molar refractivity (Wildman–Crippen MR) is 81.9 cm³/mol. The van der Waals surface area contributed by atoms with Crippen molar-refractivity contribution in [2.45, 2.75) is 73.1 Å². The van der Waals surface area contributed by atoms with Crippen molar-refractivity contribution in [3.05, 3.63) is 0 Å². The maximum atomic E-state index is 2.56. The monoisotopic (exact) mass is 253 g/mol. The molecule has 0 aromatic carbocycles. The van der Waals surface area contributed by atoms with Gasteiger partial charge in [0.15, 0.2) is 0 Å². The van der Waals surface area contributed by atoms with Crippen LogP contribution in [0.15, 0.2) is 0 Å². The molecule has 0 unspecified atom stereocenters. The molecule has 0 bridgehead atoms. The zero-order valence-electron chi connectivity index (χ0n) is 13.5. The molecule has 0 aromatic heterocycles. The molecule has 1 nitrogen and oxygen atoms in total. The van der Waals surface area contributed by atoms with Crippen LogP contribution in [-0.2, 0) is 0 Å². The lowest BCUT2D eigenvalue weighted by atomic mass is 9.69. The number of rotatable bonds is 6. The molecule has 0 spiro atoms. The van der Waals surface area contributed by atoms with Crippen LogP contribution in [0.1, 0.15) is 73.1 Å². The Bertz CT molecular complexity index is 204. The number of hydrogen-bond acceptors (Lipinski definition) is 1. The molecule has 0 atom stereocenters. The highest BCUT2D eigenvalue weighted by atomic mass is 15.1. The summed E-state index contributed by atoms with van der Waals surface area (Å²) in [6.07, 6.45) is 8.79. The van der Waals surface area contributed by atoms with E-state index in [-0.39, 0.29) is 0 Å². The Hall–Kier alpha value is -0.0400. The summed E-state index contributed by atoms with van der Waals surface area (Å²) in [6, 6.07) is 0. The van der Waals surface area contributed by atoms with E-state index in [1.807, 2.05) is 0 Å². The first kappa shape index (κ1) is 16.0. The molecule has 0 aliphatic heterocycles. The fraction of sp³-hybridized carbons (Fsp3) is 1.00. The molecule has 1 aliphatic rings. The van der Waals surface area contributed by atoms with Crippen LogP contribution in [-0.4, -0.2) is 24.5 Å². The van der Waals surface area contributed by atoms with E-state index in [1.54, 1.807) is 0 Å². The third-order valence-corrected chi connectivity index (χ3v) is 5.05. The van der Waals surface area contributed by atoms with Crippen molar-refractivity contribution in [2.24, 2.45) is 17.3 Å². The summed E-state index contributed by atoms with van der Waals surface area (Å²) in [5.41, 5.74) is 0.534. The summed E-state index contributed by atoms with van der Waals surface area (Å²) in [5.74, 6) is 2.00. The predicted octanol–water partition coefficient (Wildman–Crippen LogP) is 4.96. The fourth-order valence-corrected chi connectivity index (χ4v) is 3.46. The first-order chi connectivity index (χ1) is 8.47. The summed E-state index contributed by atoms with van der Waals surface area (Å²) in [6.45, 7) is 15.5. The average molecular weight is 253 g/mol. The minimum absolute atomic E-state index is 0.534. The Morgan fingerprint density at radius 2 is 1.50 bits per heavy atom. The number of hydrogen-bond donors (Lipinski definition) is 0. The molecular formula is C17H35N. The quantitative estimate of drug-likeness (QED) is 0.646. The molecule has 1 heteroatoms. The van der Waals surface area contributed by atoms with Gasteiger partial charge in [0.2, 0.25) is 0 Å². The smallest absolute Gasteiger partial charge is 0.00189 e. The lowest BCUT2D eigenvalue weighted by molar-refractivity contribution is 0.143. The molecule has 1 saturated carbocycles. The van der Waals surface area contributed by atoms with Gasteiger partial charge < -0.3 is 4.90 Å². The zero-order chi connectivity index (χ0) is 13.6. The fourth-order valence-electron chi connectivity index (χ4n) is 3.46. The molecule has 1 fully saturated rings. The van der Waals surface area contributed by atoms with Gasteiger partial charge in [0.1, 0.15) is 0 Å². The largest absolute Gasteiger partial charge is 0.304 e. The van der Waals surface area contributed by atoms with Crippen molar-refractivity contribution >= 4 is 0 Å². The second kappa shape index (κ2) is 7.53. The van der Waals surface area contributed by atoms with Gasteiger partial charge in [-0.25, -0.2) is 0 Å². The molecule has 0 amide bonds. The van der Waals surface area contributed by atoms with Crippen LogP contribution < -0.4 is 0 Å². The third-order valence-electron chi connectivity index (χ3n) is 5.05. The van der Waals surface area contributed by atoms with Crippen molar-refractivity contribution in [3.8, 4) is 0 Å². The van der Waals surface area contributed by atoms with Crippen LogP contribution in [0.4, 0.5) is 0 Å². The summed E-state index contributed by atoms with van der Waals surface area (Å²) in [4.78, 5) is 2.56. The van der Waals surface area contributed by atoms with Gasteiger partial charge >= 0.3 is 0 Å². The second-order valence-corrected chi connectivity index (χ2v) is 7.25. The van der Waals surface area contributed by atoms with Gasteiger partial charge in [0.05, 0.1) is 0 Å². The normalized spacial score (nSPS) is 25.7. The summed E-state index contributed by atoms with van der Waals surface area (Å²) in [7, 11) is 0. The summed E-state index contributed by atoms with van der Waals surface area (Å²) < 4.78 is 0. The molecule has 0 heterocycles. The van der Waals surface area contributed by atoms with Gasteiger partial charge in [-0.2, -0.15) is 0 Å². The molecule has 0 N–H and O–H groups in total. The van der Waals surface area contributed by atoms with Crippen LogP contribution in [0.25, 0.3) is 0 Å². The maximum Gasteiger partial charge on any atom is -0.00189 e. The van der Waals surface area contributed by atoms with E-state index in [1.165, 1.54) is 58.2 Å². The minimum Gasteiger partial charge on any atom is -0.304 e. The number of nitrogens with zero attached hydrogens (tertiary/aromatic N) is 1. The lowest BCUT2D eigenvalue weighted by Gasteiger charge is -2.37. The summed E-state index contributed by atoms with van der Waals surface area (Å²) in [5, 5.41) is 0. The molecule has 18 heavy (non-hydrogen) atoms. The Balaban J connectivity index is 2.16. The van der Waals surface area contributed by atoms with Crippen LogP contribution in [0.2, 0.25) is 0 Å². The van der Waals surface area contributed by atoms with Crippen molar-refractivity contribution in [2.75, 3.05) is 19.6 Å². The van der Waals surface area contributed by atoms with Crippen molar-refractivity contribution in [1.29, 1.82) is 0 Å². The Labute approximate surface area is 115 Å². The Kier molecular flexibility index (Phi) is 6.70. The highest BCUT2D eigenvalue weighted by Gasteiger charge is 2.29. The van der Waals surface area contributed by atoms with Crippen LogP contribution >= 0.6 is 0 Å². The summed E-state index contributed by atoms with van der Waals surface area (Å²) >= 11 is 0.